The number of nitrogens with one attached hydrogen (secondary N) is 1. The molecule has 0 aromatic carbocycles. The standard InChI is InChI=1S/C14H28N2O/c1-10-6-5-7-11(10)9-16-13(17)8-12(15)14(2,3)4/h10-12H,5-9,15H2,1-4H3,(H,16,17). The SMILES string of the molecule is CC1CCCC1CNC(=O)CC(N)C(C)(C)C. The van der Waals surface area contributed by atoms with Gasteiger partial charge < -0.3 is 11.1 Å². The summed E-state index contributed by atoms with van der Waals surface area (Å²) in [7, 11) is 0. The van der Waals surface area contributed by atoms with Crippen LogP contribution in [0.5, 0.6) is 0 Å². The molecule has 17 heavy (non-hydrogen) atoms. The van der Waals surface area contributed by atoms with Crippen LogP contribution in [-0.2, 0) is 4.79 Å². The Balaban J connectivity index is 2.26. The van der Waals surface area contributed by atoms with E-state index in [1.807, 2.05) is 0 Å². The number of rotatable bonds is 4. The van der Waals surface area contributed by atoms with Crippen molar-refractivity contribution in [2.75, 3.05) is 6.54 Å². The molecule has 1 saturated carbocycles. The zero-order valence-corrected chi connectivity index (χ0v) is 11.8. The normalized spacial score (nSPS) is 26.9. The van der Waals surface area contributed by atoms with Crippen LogP contribution in [-0.4, -0.2) is 18.5 Å². The van der Waals surface area contributed by atoms with Gasteiger partial charge in [-0.05, 0) is 23.7 Å². The number of carbonyl (C=O) groups is 1. The van der Waals surface area contributed by atoms with Crippen LogP contribution in [0.15, 0.2) is 0 Å². The zero-order chi connectivity index (χ0) is 13.1. The molecule has 0 saturated heterocycles. The fraction of sp³-hybridized carbons (Fsp3) is 0.929. The molecule has 0 aliphatic heterocycles. The second-order valence-corrected chi connectivity index (χ2v) is 6.65. The molecule has 3 N–H and O–H groups in total. The summed E-state index contributed by atoms with van der Waals surface area (Å²) < 4.78 is 0. The summed E-state index contributed by atoms with van der Waals surface area (Å²) in [5, 5.41) is 3.04. The molecule has 1 aliphatic rings. The van der Waals surface area contributed by atoms with Crippen LogP contribution in [0.25, 0.3) is 0 Å². The van der Waals surface area contributed by atoms with Crippen molar-refractivity contribution in [3.05, 3.63) is 0 Å². The molecule has 3 unspecified atom stereocenters. The highest BCUT2D eigenvalue weighted by Crippen LogP contribution is 2.30. The van der Waals surface area contributed by atoms with E-state index in [4.69, 9.17) is 5.73 Å². The second-order valence-electron chi connectivity index (χ2n) is 6.65. The van der Waals surface area contributed by atoms with E-state index in [2.05, 4.69) is 33.0 Å². The van der Waals surface area contributed by atoms with Crippen LogP contribution >= 0.6 is 0 Å². The Hall–Kier alpha value is -0.570. The van der Waals surface area contributed by atoms with Gasteiger partial charge in [0, 0.05) is 19.0 Å². The maximum atomic E-state index is 11.8. The van der Waals surface area contributed by atoms with Crippen LogP contribution in [0.4, 0.5) is 0 Å². The van der Waals surface area contributed by atoms with Crippen LogP contribution in [0.3, 0.4) is 0 Å². The molecule has 1 amide bonds. The highest BCUT2D eigenvalue weighted by molar-refractivity contribution is 5.76. The van der Waals surface area contributed by atoms with Crippen LogP contribution in [0, 0.1) is 17.3 Å². The number of amides is 1. The van der Waals surface area contributed by atoms with Gasteiger partial charge in [-0.1, -0.05) is 40.5 Å². The largest absolute Gasteiger partial charge is 0.356 e. The maximum Gasteiger partial charge on any atom is 0.221 e. The average molecular weight is 240 g/mol. The lowest BCUT2D eigenvalue weighted by Crippen LogP contribution is -2.41. The number of hydrogen-bond acceptors (Lipinski definition) is 2. The Kier molecular flexibility index (Phi) is 4.99. The molecule has 3 nitrogen and oxygen atoms in total. The van der Waals surface area contributed by atoms with Gasteiger partial charge in [-0.25, -0.2) is 0 Å². The van der Waals surface area contributed by atoms with Crippen molar-refractivity contribution in [1.29, 1.82) is 0 Å². The van der Waals surface area contributed by atoms with Gasteiger partial charge in [-0.15, -0.1) is 0 Å². The van der Waals surface area contributed by atoms with Crippen molar-refractivity contribution in [1.82, 2.24) is 5.32 Å². The van der Waals surface area contributed by atoms with Crippen molar-refractivity contribution < 1.29 is 4.79 Å². The number of hydrogen-bond donors (Lipinski definition) is 2. The minimum Gasteiger partial charge on any atom is -0.356 e. The molecule has 0 bridgehead atoms. The highest BCUT2D eigenvalue weighted by Gasteiger charge is 2.25. The minimum atomic E-state index is -0.0662. The molecule has 1 fully saturated rings. The quantitative estimate of drug-likeness (QED) is 0.792. The average Bonchev–Trinajstić information content (AvgIpc) is 2.59. The van der Waals surface area contributed by atoms with Gasteiger partial charge in [0.15, 0.2) is 0 Å². The topological polar surface area (TPSA) is 55.1 Å². The summed E-state index contributed by atoms with van der Waals surface area (Å²) in [6.07, 6.45) is 4.31. The summed E-state index contributed by atoms with van der Waals surface area (Å²) in [4.78, 5) is 11.8. The first-order valence-corrected chi connectivity index (χ1v) is 6.83. The molecule has 100 valence electrons. The maximum absolute atomic E-state index is 11.8. The van der Waals surface area contributed by atoms with Crippen molar-refractivity contribution >= 4 is 5.91 Å². The Morgan fingerprint density at radius 3 is 2.53 bits per heavy atom. The summed E-state index contributed by atoms with van der Waals surface area (Å²) in [6, 6.07) is -0.0662. The van der Waals surface area contributed by atoms with Gasteiger partial charge in [-0.3, -0.25) is 4.79 Å². The number of carbonyl (C=O) groups excluding carboxylic acids is 1. The molecule has 1 rings (SSSR count). The summed E-state index contributed by atoms with van der Waals surface area (Å²) >= 11 is 0. The van der Waals surface area contributed by atoms with Crippen molar-refractivity contribution in [2.24, 2.45) is 23.0 Å². The summed E-state index contributed by atoms with van der Waals surface area (Å²) in [6.45, 7) is 9.33. The molecule has 0 aromatic rings. The van der Waals surface area contributed by atoms with Gasteiger partial charge in [-0.2, -0.15) is 0 Å². The first-order valence-electron chi connectivity index (χ1n) is 6.83. The Morgan fingerprint density at radius 2 is 2.06 bits per heavy atom. The zero-order valence-electron chi connectivity index (χ0n) is 11.8. The van der Waals surface area contributed by atoms with E-state index in [0.717, 1.165) is 12.5 Å². The first kappa shape index (κ1) is 14.5. The number of nitrogens with two attached hydrogens (primary N) is 1. The predicted molar refractivity (Wildman–Crippen MR) is 71.6 cm³/mol. The monoisotopic (exact) mass is 240 g/mol. The van der Waals surface area contributed by atoms with Gasteiger partial charge in [0.2, 0.25) is 5.91 Å². The smallest absolute Gasteiger partial charge is 0.221 e. The van der Waals surface area contributed by atoms with E-state index in [1.54, 1.807) is 0 Å². The van der Waals surface area contributed by atoms with E-state index in [0.29, 0.717) is 12.3 Å². The van der Waals surface area contributed by atoms with Gasteiger partial charge >= 0.3 is 0 Å². The lowest BCUT2D eigenvalue weighted by Gasteiger charge is -2.26. The molecule has 0 aromatic heterocycles. The molecule has 0 radical (unpaired) electrons. The highest BCUT2D eigenvalue weighted by atomic mass is 16.1. The third-order valence-corrected chi connectivity index (χ3v) is 4.12. The predicted octanol–water partition coefficient (Wildman–Crippen LogP) is 2.30. The van der Waals surface area contributed by atoms with Crippen LogP contribution < -0.4 is 11.1 Å². The van der Waals surface area contributed by atoms with E-state index in [1.165, 1.54) is 19.3 Å². The molecule has 3 heteroatoms. The van der Waals surface area contributed by atoms with Gasteiger partial charge in [0.25, 0.3) is 0 Å². The fourth-order valence-electron chi connectivity index (χ4n) is 2.35. The fourth-order valence-corrected chi connectivity index (χ4v) is 2.35. The summed E-state index contributed by atoms with van der Waals surface area (Å²) in [5.74, 6) is 1.53. The van der Waals surface area contributed by atoms with Crippen molar-refractivity contribution in [3.8, 4) is 0 Å². The van der Waals surface area contributed by atoms with Crippen LogP contribution in [0.2, 0.25) is 0 Å². The Labute approximate surface area is 106 Å². The van der Waals surface area contributed by atoms with Crippen molar-refractivity contribution in [3.63, 3.8) is 0 Å². The van der Waals surface area contributed by atoms with Gasteiger partial charge in [0.1, 0.15) is 0 Å². The van der Waals surface area contributed by atoms with E-state index in [9.17, 15) is 4.79 Å². The van der Waals surface area contributed by atoms with E-state index >= 15 is 0 Å². The molecule has 0 spiro atoms. The molecule has 3 atom stereocenters. The minimum absolute atomic E-state index is 0.00199. The van der Waals surface area contributed by atoms with Crippen LogP contribution in [0.1, 0.15) is 53.4 Å². The van der Waals surface area contributed by atoms with Crippen molar-refractivity contribution in [2.45, 2.75) is 59.4 Å². The molecule has 0 heterocycles. The third kappa shape index (κ3) is 4.66. The van der Waals surface area contributed by atoms with Gasteiger partial charge in [0.05, 0.1) is 0 Å². The Morgan fingerprint density at radius 1 is 1.41 bits per heavy atom. The Bertz CT molecular complexity index is 257. The lowest BCUT2D eigenvalue weighted by molar-refractivity contribution is -0.122. The first-order chi connectivity index (χ1) is 7.80. The molecule has 1 aliphatic carbocycles. The summed E-state index contributed by atoms with van der Waals surface area (Å²) in [5.41, 5.74) is 6.00. The van der Waals surface area contributed by atoms with E-state index in [-0.39, 0.29) is 17.4 Å². The van der Waals surface area contributed by atoms with E-state index < -0.39 is 0 Å². The third-order valence-electron chi connectivity index (χ3n) is 4.12. The molecular weight excluding hydrogens is 212 g/mol. The lowest BCUT2D eigenvalue weighted by atomic mass is 9.85. The second kappa shape index (κ2) is 5.85. The molecular formula is C14H28N2O.